The Morgan fingerprint density at radius 2 is 2.40 bits per heavy atom. The van der Waals surface area contributed by atoms with Crippen molar-refractivity contribution in [2.45, 2.75) is 19.4 Å². The third-order valence-corrected chi connectivity index (χ3v) is 1.88. The molecule has 0 aromatic rings. The van der Waals surface area contributed by atoms with Crippen LogP contribution in [0, 0.1) is 15.5 Å². The molecule has 0 heterocycles. The Bertz CT molecular complexity index is 149. The molecular weight excluding hydrogens is 152 g/mol. The second kappa shape index (κ2) is 4.27. The van der Waals surface area contributed by atoms with Gasteiger partial charge >= 0.3 is 0 Å². The van der Waals surface area contributed by atoms with Gasteiger partial charge in [-0.2, -0.15) is 0 Å². The monoisotopic (exact) mass is 162 g/mol. The standard InChI is InChI=1S/C5H10N2O2S/c1-3-4(7(8)9)5(6)10-2/h4,6H,3H2,1-2H3. The van der Waals surface area contributed by atoms with Gasteiger partial charge in [0.2, 0.25) is 0 Å². The molecule has 5 heteroatoms. The van der Waals surface area contributed by atoms with Crippen LogP contribution >= 0.6 is 11.8 Å². The Balaban J connectivity index is 4.06. The van der Waals surface area contributed by atoms with E-state index in [0.29, 0.717) is 6.42 Å². The van der Waals surface area contributed by atoms with Gasteiger partial charge in [0, 0.05) is 11.3 Å². The predicted molar refractivity (Wildman–Crippen MR) is 42.3 cm³/mol. The van der Waals surface area contributed by atoms with Crippen LogP contribution in [-0.4, -0.2) is 22.3 Å². The first-order chi connectivity index (χ1) is 4.63. The van der Waals surface area contributed by atoms with Gasteiger partial charge in [-0.15, -0.1) is 11.8 Å². The van der Waals surface area contributed by atoms with Crippen molar-refractivity contribution >= 4 is 16.8 Å². The lowest BCUT2D eigenvalue weighted by Gasteiger charge is -2.04. The highest BCUT2D eigenvalue weighted by molar-refractivity contribution is 8.13. The molecule has 0 amide bonds. The van der Waals surface area contributed by atoms with Crippen LogP contribution in [0.25, 0.3) is 0 Å². The normalized spacial score (nSPS) is 12.6. The first-order valence-electron chi connectivity index (χ1n) is 2.89. The van der Waals surface area contributed by atoms with Crippen LogP contribution < -0.4 is 0 Å². The minimum absolute atomic E-state index is 0.132. The highest BCUT2D eigenvalue weighted by atomic mass is 32.2. The Morgan fingerprint density at radius 3 is 2.50 bits per heavy atom. The molecule has 0 saturated carbocycles. The van der Waals surface area contributed by atoms with E-state index in [1.807, 2.05) is 0 Å². The summed E-state index contributed by atoms with van der Waals surface area (Å²) in [5, 5.41) is 17.5. The zero-order chi connectivity index (χ0) is 8.15. The summed E-state index contributed by atoms with van der Waals surface area (Å²) in [4.78, 5) is 9.76. The lowest BCUT2D eigenvalue weighted by molar-refractivity contribution is -0.502. The van der Waals surface area contributed by atoms with Gasteiger partial charge < -0.3 is 0 Å². The summed E-state index contributed by atoms with van der Waals surface area (Å²) in [7, 11) is 0. The second-order valence-corrected chi connectivity index (χ2v) is 2.63. The number of hydrogen-bond acceptors (Lipinski definition) is 4. The van der Waals surface area contributed by atoms with Gasteiger partial charge in [-0.05, 0) is 6.26 Å². The lowest BCUT2D eigenvalue weighted by atomic mass is 10.3. The maximum absolute atomic E-state index is 10.2. The summed E-state index contributed by atoms with van der Waals surface area (Å²) < 4.78 is 0. The number of nitro groups is 1. The highest BCUT2D eigenvalue weighted by Crippen LogP contribution is 2.07. The van der Waals surface area contributed by atoms with Gasteiger partial charge in [0.25, 0.3) is 6.04 Å². The highest BCUT2D eigenvalue weighted by Gasteiger charge is 2.22. The first-order valence-corrected chi connectivity index (χ1v) is 4.11. The number of nitrogens with zero attached hydrogens (tertiary/aromatic N) is 1. The minimum Gasteiger partial charge on any atom is -0.292 e. The van der Waals surface area contributed by atoms with Gasteiger partial charge in [-0.25, -0.2) is 0 Å². The third-order valence-electron chi connectivity index (χ3n) is 1.16. The van der Waals surface area contributed by atoms with Gasteiger partial charge in [0.15, 0.2) is 0 Å². The topological polar surface area (TPSA) is 67.0 Å². The van der Waals surface area contributed by atoms with Crippen molar-refractivity contribution in [2.75, 3.05) is 6.26 Å². The fourth-order valence-corrected chi connectivity index (χ4v) is 1.09. The molecule has 58 valence electrons. The number of thioether (sulfide) groups is 1. The molecule has 0 aromatic heterocycles. The van der Waals surface area contributed by atoms with Crippen LogP contribution in [0.3, 0.4) is 0 Å². The lowest BCUT2D eigenvalue weighted by Crippen LogP contribution is -2.25. The Kier molecular flexibility index (Phi) is 4.02. The quantitative estimate of drug-likeness (QED) is 0.295. The molecule has 1 N–H and O–H groups in total. The molecule has 1 atom stereocenters. The van der Waals surface area contributed by atoms with E-state index < -0.39 is 11.0 Å². The van der Waals surface area contributed by atoms with Crippen molar-refractivity contribution in [2.24, 2.45) is 0 Å². The average Bonchev–Trinajstić information content (AvgIpc) is 1.88. The molecule has 0 aliphatic heterocycles. The number of rotatable bonds is 3. The van der Waals surface area contributed by atoms with Crippen LogP contribution in [0.1, 0.15) is 13.3 Å². The Labute approximate surface area is 63.7 Å². The molecule has 0 aromatic carbocycles. The van der Waals surface area contributed by atoms with Crippen molar-refractivity contribution in [1.29, 1.82) is 5.41 Å². The predicted octanol–water partition coefficient (Wildman–Crippen LogP) is 1.38. The maximum atomic E-state index is 10.2. The fourth-order valence-electron chi connectivity index (χ4n) is 0.566. The van der Waals surface area contributed by atoms with Gasteiger partial charge in [0.1, 0.15) is 5.04 Å². The number of hydrogen-bond donors (Lipinski definition) is 1. The molecule has 0 rings (SSSR count). The number of nitrogens with one attached hydrogen (secondary N) is 1. The molecule has 0 saturated heterocycles. The van der Waals surface area contributed by atoms with Crippen LogP contribution in [-0.2, 0) is 0 Å². The van der Waals surface area contributed by atoms with Crippen molar-refractivity contribution in [3.8, 4) is 0 Å². The SMILES string of the molecule is CCC(C(=N)SC)[N+](=O)[O-]. The van der Waals surface area contributed by atoms with E-state index in [4.69, 9.17) is 5.41 Å². The van der Waals surface area contributed by atoms with Crippen LogP contribution in [0.2, 0.25) is 0 Å². The van der Waals surface area contributed by atoms with E-state index in [9.17, 15) is 10.1 Å². The smallest absolute Gasteiger partial charge is 0.259 e. The summed E-state index contributed by atoms with van der Waals surface area (Å²) in [6.07, 6.45) is 2.07. The third kappa shape index (κ3) is 2.34. The molecular formula is C5H10N2O2S. The first kappa shape index (κ1) is 9.42. The molecule has 4 nitrogen and oxygen atoms in total. The second-order valence-electron chi connectivity index (χ2n) is 1.78. The maximum Gasteiger partial charge on any atom is 0.259 e. The fraction of sp³-hybridized carbons (Fsp3) is 0.800. The van der Waals surface area contributed by atoms with Crippen molar-refractivity contribution < 1.29 is 4.92 Å². The zero-order valence-corrected chi connectivity index (χ0v) is 6.77. The summed E-state index contributed by atoms with van der Waals surface area (Å²) in [5.74, 6) is 0. The summed E-state index contributed by atoms with van der Waals surface area (Å²) >= 11 is 1.13. The van der Waals surface area contributed by atoms with Crippen LogP contribution in [0.4, 0.5) is 0 Å². The Morgan fingerprint density at radius 1 is 1.90 bits per heavy atom. The van der Waals surface area contributed by atoms with E-state index in [1.165, 1.54) is 0 Å². The molecule has 0 bridgehead atoms. The van der Waals surface area contributed by atoms with Crippen LogP contribution in [0.5, 0.6) is 0 Å². The van der Waals surface area contributed by atoms with E-state index >= 15 is 0 Å². The van der Waals surface area contributed by atoms with Crippen molar-refractivity contribution in [1.82, 2.24) is 0 Å². The molecule has 0 radical (unpaired) electrons. The Hall–Kier alpha value is -0.580. The van der Waals surface area contributed by atoms with Gasteiger partial charge in [0.05, 0.1) is 0 Å². The molecule has 0 aliphatic carbocycles. The minimum atomic E-state index is -0.796. The summed E-state index contributed by atoms with van der Waals surface area (Å²) in [6.45, 7) is 1.71. The van der Waals surface area contributed by atoms with Crippen LogP contribution in [0.15, 0.2) is 0 Å². The van der Waals surface area contributed by atoms with E-state index in [1.54, 1.807) is 13.2 Å². The van der Waals surface area contributed by atoms with Gasteiger partial charge in [-0.1, -0.05) is 6.92 Å². The summed E-state index contributed by atoms with van der Waals surface area (Å²) in [6, 6.07) is -0.796. The molecule has 10 heavy (non-hydrogen) atoms. The zero-order valence-electron chi connectivity index (χ0n) is 5.96. The van der Waals surface area contributed by atoms with Crippen molar-refractivity contribution in [3.63, 3.8) is 0 Å². The van der Waals surface area contributed by atoms with E-state index in [-0.39, 0.29) is 5.04 Å². The largest absolute Gasteiger partial charge is 0.292 e. The molecule has 0 fully saturated rings. The molecule has 0 spiro atoms. The summed E-state index contributed by atoms with van der Waals surface area (Å²) in [5.41, 5.74) is 0. The molecule has 1 unspecified atom stereocenters. The van der Waals surface area contributed by atoms with Gasteiger partial charge in [-0.3, -0.25) is 15.5 Å². The average molecular weight is 162 g/mol. The molecule has 0 aliphatic rings. The van der Waals surface area contributed by atoms with E-state index in [0.717, 1.165) is 11.8 Å². The van der Waals surface area contributed by atoms with Crippen molar-refractivity contribution in [3.05, 3.63) is 10.1 Å². The van der Waals surface area contributed by atoms with E-state index in [2.05, 4.69) is 0 Å².